The van der Waals surface area contributed by atoms with Crippen molar-refractivity contribution in [1.29, 1.82) is 0 Å². The predicted molar refractivity (Wildman–Crippen MR) is 164 cm³/mol. The van der Waals surface area contributed by atoms with E-state index in [0.29, 0.717) is 26.8 Å². The highest BCUT2D eigenvalue weighted by Crippen LogP contribution is 2.37. The molecule has 5 aromatic rings. The molecule has 1 aliphatic carbocycles. The molecule has 0 bridgehead atoms. The number of hydrogen-bond acceptors (Lipinski definition) is 6. The number of hydrogen-bond donors (Lipinski definition) is 0. The van der Waals surface area contributed by atoms with Crippen LogP contribution in [-0.2, 0) is 6.61 Å². The van der Waals surface area contributed by atoms with Crippen LogP contribution in [0.4, 0.5) is 5.69 Å². The summed E-state index contributed by atoms with van der Waals surface area (Å²) in [5, 5.41) is 19.2. The van der Waals surface area contributed by atoms with E-state index in [2.05, 4.69) is 21.0 Å². The van der Waals surface area contributed by atoms with E-state index in [1.54, 1.807) is 18.2 Å². The van der Waals surface area contributed by atoms with E-state index in [1.807, 2.05) is 54.6 Å². The maximum atomic E-state index is 13.5. The van der Waals surface area contributed by atoms with Gasteiger partial charge in [0.25, 0.3) is 5.56 Å². The van der Waals surface area contributed by atoms with Crippen LogP contribution >= 0.6 is 15.9 Å². The molecule has 0 radical (unpaired) electrons. The monoisotopic (exact) mass is 610 g/mol. The Morgan fingerprint density at radius 1 is 1.00 bits per heavy atom. The summed E-state index contributed by atoms with van der Waals surface area (Å²) in [4.78, 5) is 29.9. The minimum absolute atomic E-state index is 0.129. The molecule has 0 unspecified atom stereocenters. The molecule has 8 nitrogen and oxygen atoms in total. The van der Waals surface area contributed by atoms with Gasteiger partial charge in [0.2, 0.25) is 5.75 Å². The van der Waals surface area contributed by atoms with Gasteiger partial charge in [0.15, 0.2) is 0 Å². The summed E-state index contributed by atoms with van der Waals surface area (Å²) in [5.74, 6) is 0.893. The van der Waals surface area contributed by atoms with Crippen molar-refractivity contribution in [2.75, 3.05) is 0 Å². The topological polar surface area (TPSA) is 99.6 Å². The third-order valence-electron chi connectivity index (χ3n) is 7.57. The quantitative estimate of drug-likeness (QED) is 0.107. The lowest BCUT2D eigenvalue weighted by Gasteiger charge is -2.22. The lowest BCUT2D eigenvalue weighted by molar-refractivity contribution is -0.386. The summed E-state index contributed by atoms with van der Waals surface area (Å²) in [5.41, 5.74) is 1.58. The molecule has 0 spiro atoms. The van der Waals surface area contributed by atoms with Crippen LogP contribution in [-0.4, -0.2) is 20.8 Å². The van der Waals surface area contributed by atoms with Crippen LogP contribution in [0.25, 0.3) is 21.7 Å². The first-order valence-electron chi connectivity index (χ1n) is 13.6. The van der Waals surface area contributed by atoms with Gasteiger partial charge < -0.3 is 4.74 Å². The molecular formula is C32H27BrN4O4. The highest BCUT2D eigenvalue weighted by molar-refractivity contribution is 9.10. The first-order chi connectivity index (χ1) is 20.0. The zero-order valence-electron chi connectivity index (χ0n) is 22.2. The molecule has 4 aromatic carbocycles. The van der Waals surface area contributed by atoms with Crippen LogP contribution in [0.15, 0.2) is 93.2 Å². The van der Waals surface area contributed by atoms with Crippen LogP contribution in [0.2, 0.25) is 0 Å². The molecule has 41 heavy (non-hydrogen) atoms. The second-order valence-electron chi connectivity index (χ2n) is 10.2. The molecule has 1 saturated carbocycles. The summed E-state index contributed by atoms with van der Waals surface area (Å²) in [6.45, 7) is 0.164. The van der Waals surface area contributed by atoms with Gasteiger partial charge in [0.05, 0.1) is 26.5 Å². The van der Waals surface area contributed by atoms with Crippen molar-refractivity contribution < 1.29 is 9.66 Å². The Kier molecular flexibility index (Phi) is 7.61. The van der Waals surface area contributed by atoms with E-state index in [0.717, 1.165) is 42.0 Å². The van der Waals surface area contributed by atoms with Crippen LogP contribution in [0.5, 0.6) is 5.75 Å². The molecule has 0 aliphatic heterocycles. The van der Waals surface area contributed by atoms with Crippen molar-refractivity contribution in [1.82, 2.24) is 9.66 Å². The largest absolute Gasteiger partial charge is 0.481 e. The molecule has 0 N–H and O–H groups in total. The lowest BCUT2D eigenvalue weighted by Crippen LogP contribution is -2.25. The number of fused-ring (bicyclic) bond motifs is 2. The fraction of sp³-hybridized carbons (Fsp3) is 0.219. The number of para-hydroxylation sites is 1. The van der Waals surface area contributed by atoms with E-state index >= 15 is 0 Å². The third-order valence-corrected chi connectivity index (χ3v) is 8.16. The number of halogens is 1. The highest BCUT2D eigenvalue weighted by atomic mass is 79.9. The van der Waals surface area contributed by atoms with Crippen molar-refractivity contribution in [2.24, 2.45) is 5.10 Å². The second-order valence-corrected chi connectivity index (χ2v) is 11.1. The highest BCUT2D eigenvalue weighted by Gasteiger charge is 2.23. The Hall–Kier alpha value is -4.37. The maximum Gasteiger partial charge on any atom is 0.312 e. The van der Waals surface area contributed by atoms with Crippen LogP contribution in [0, 0.1) is 10.1 Å². The van der Waals surface area contributed by atoms with Gasteiger partial charge in [-0.1, -0.05) is 73.9 Å². The number of nitro benzene ring substituents is 1. The van der Waals surface area contributed by atoms with Gasteiger partial charge in [-0.25, -0.2) is 4.98 Å². The van der Waals surface area contributed by atoms with Crippen molar-refractivity contribution in [2.45, 2.75) is 44.6 Å². The van der Waals surface area contributed by atoms with Crippen LogP contribution in [0.3, 0.4) is 0 Å². The van der Waals surface area contributed by atoms with Gasteiger partial charge in [0.1, 0.15) is 12.4 Å². The van der Waals surface area contributed by atoms with E-state index in [9.17, 15) is 14.9 Å². The van der Waals surface area contributed by atoms with E-state index in [1.165, 1.54) is 23.4 Å². The molecule has 1 fully saturated rings. The minimum Gasteiger partial charge on any atom is -0.481 e. The summed E-state index contributed by atoms with van der Waals surface area (Å²) < 4.78 is 7.79. The zero-order chi connectivity index (χ0) is 28.3. The van der Waals surface area contributed by atoms with Gasteiger partial charge in [-0.3, -0.25) is 14.9 Å². The number of nitro groups is 1. The number of benzene rings is 4. The van der Waals surface area contributed by atoms with E-state index in [-0.39, 0.29) is 29.5 Å². The molecule has 1 aliphatic rings. The average molecular weight is 611 g/mol. The zero-order valence-corrected chi connectivity index (χ0v) is 23.8. The Morgan fingerprint density at radius 3 is 2.54 bits per heavy atom. The first kappa shape index (κ1) is 26.8. The number of aromatic nitrogens is 2. The first-order valence-corrected chi connectivity index (χ1v) is 14.4. The molecule has 206 valence electrons. The molecule has 0 saturated heterocycles. The fourth-order valence-electron chi connectivity index (χ4n) is 5.52. The molecule has 6 rings (SSSR count). The summed E-state index contributed by atoms with van der Waals surface area (Å²) >= 11 is 3.47. The number of ether oxygens (including phenoxy) is 1. The Labute approximate surface area is 244 Å². The summed E-state index contributed by atoms with van der Waals surface area (Å²) in [6, 6.07) is 24.2. The Bertz CT molecular complexity index is 1860. The smallest absolute Gasteiger partial charge is 0.312 e. The van der Waals surface area contributed by atoms with Crippen molar-refractivity contribution >= 4 is 49.5 Å². The SMILES string of the molecule is O=c1c2ccccc2nc(C2CCCCC2)n1N=Cc1cc(Br)c(OCc2cccc3ccccc23)c([N+](=O)[O-])c1. The summed E-state index contributed by atoms with van der Waals surface area (Å²) in [7, 11) is 0. The predicted octanol–water partition coefficient (Wildman–Crippen LogP) is 7.73. The standard InChI is InChI=1S/C32H27BrN4O4/c33-27-17-21(18-29(37(39)40)30(27)41-20-24-13-8-12-22-9-4-5-14-25(22)24)19-34-36-31(23-10-2-1-3-11-23)35-28-16-7-6-15-26(28)32(36)38/h4-9,12-19,23H,1-3,10-11,20H2. The molecule has 1 heterocycles. The molecule has 9 heteroatoms. The van der Waals surface area contributed by atoms with Gasteiger partial charge in [0, 0.05) is 17.5 Å². The van der Waals surface area contributed by atoms with Gasteiger partial charge in [-0.15, -0.1) is 0 Å². The van der Waals surface area contributed by atoms with Crippen molar-refractivity contribution in [3.05, 3.63) is 121 Å². The lowest BCUT2D eigenvalue weighted by atomic mass is 9.88. The molecule has 1 aromatic heterocycles. The van der Waals surface area contributed by atoms with Crippen LogP contribution < -0.4 is 10.3 Å². The Balaban J connectivity index is 1.35. The van der Waals surface area contributed by atoms with Crippen molar-refractivity contribution in [3.63, 3.8) is 0 Å². The van der Waals surface area contributed by atoms with E-state index in [4.69, 9.17) is 9.72 Å². The molecule has 0 atom stereocenters. The fourth-order valence-corrected chi connectivity index (χ4v) is 6.10. The number of nitrogens with zero attached hydrogens (tertiary/aromatic N) is 4. The van der Waals surface area contributed by atoms with Gasteiger partial charge >= 0.3 is 5.69 Å². The van der Waals surface area contributed by atoms with Gasteiger partial charge in [-0.05, 0) is 63.3 Å². The number of rotatable bonds is 7. The molecule has 0 amide bonds. The summed E-state index contributed by atoms with van der Waals surface area (Å²) in [6.07, 6.45) is 6.69. The van der Waals surface area contributed by atoms with Gasteiger partial charge in [-0.2, -0.15) is 9.78 Å². The second kappa shape index (κ2) is 11.6. The van der Waals surface area contributed by atoms with Crippen LogP contribution in [0.1, 0.15) is 55.0 Å². The van der Waals surface area contributed by atoms with Crippen molar-refractivity contribution in [3.8, 4) is 5.75 Å². The molecular weight excluding hydrogens is 584 g/mol. The average Bonchev–Trinajstić information content (AvgIpc) is 3.00. The Morgan fingerprint density at radius 2 is 1.73 bits per heavy atom. The minimum atomic E-state index is -0.474. The third kappa shape index (κ3) is 5.50. The normalized spacial score (nSPS) is 14.2. The maximum absolute atomic E-state index is 13.5. The van der Waals surface area contributed by atoms with E-state index < -0.39 is 4.92 Å².